The monoisotopic (exact) mass is 156 g/mol. The third kappa shape index (κ3) is 2.84. The van der Waals surface area contributed by atoms with Crippen molar-refractivity contribution in [3.05, 3.63) is 22.1 Å². The van der Waals surface area contributed by atoms with E-state index in [1.807, 2.05) is 13.8 Å². The molecule has 0 fully saturated rings. The Hall–Kier alpha value is -1.32. The lowest BCUT2D eigenvalue weighted by Gasteiger charge is -1.80. The highest BCUT2D eigenvalue weighted by molar-refractivity contribution is 5.91. The summed E-state index contributed by atoms with van der Waals surface area (Å²) < 4.78 is 0. The van der Waals surface area contributed by atoms with Gasteiger partial charge in [0.2, 0.25) is 0 Å². The summed E-state index contributed by atoms with van der Waals surface area (Å²) in [6.07, 6.45) is 0. The fourth-order valence-electron chi connectivity index (χ4n) is 0.522. The van der Waals surface area contributed by atoms with Crippen LogP contribution >= 0.6 is 0 Å². The van der Waals surface area contributed by atoms with Crippen molar-refractivity contribution in [3.8, 4) is 0 Å². The van der Waals surface area contributed by atoms with Crippen LogP contribution in [0.25, 0.3) is 0 Å². The second-order valence-electron chi connectivity index (χ2n) is 1.73. The van der Waals surface area contributed by atoms with Gasteiger partial charge in [-0.05, 0) is 0 Å². The van der Waals surface area contributed by atoms with Crippen LogP contribution in [0.3, 0.4) is 0 Å². The molecule has 0 aliphatic carbocycles. The van der Waals surface area contributed by atoms with E-state index in [9.17, 15) is 9.59 Å². The van der Waals surface area contributed by atoms with E-state index in [0.717, 1.165) is 0 Å². The molecule has 1 aromatic rings. The van der Waals surface area contributed by atoms with Crippen LogP contribution in [0.2, 0.25) is 0 Å². The van der Waals surface area contributed by atoms with E-state index >= 15 is 0 Å². The molecular formula is C7H12N2O2. The van der Waals surface area contributed by atoms with Gasteiger partial charge in [-0.3, -0.25) is 19.8 Å². The molecule has 0 aliphatic heterocycles. The number of aromatic nitrogens is 2. The second kappa shape index (κ2) is 4.49. The summed E-state index contributed by atoms with van der Waals surface area (Å²) in [4.78, 5) is 20.8. The van der Waals surface area contributed by atoms with Crippen LogP contribution < -0.4 is 5.56 Å². The summed E-state index contributed by atoms with van der Waals surface area (Å²) in [6.45, 7) is 5.39. The summed E-state index contributed by atoms with van der Waals surface area (Å²) in [5.41, 5.74) is 0.0419. The van der Waals surface area contributed by atoms with Crippen LogP contribution in [0.5, 0.6) is 0 Å². The maximum atomic E-state index is 10.5. The van der Waals surface area contributed by atoms with Crippen molar-refractivity contribution in [1.82, 2.24) is 10.2 Å². The van der Waals surface area contributed by atoms with E-state index in [4.69, 9.17) is 0 Å². The van der Waals surface area contributed by atoms with Crippen molar-refractivity contribution < 1.29 is 4.79 Å². The third-order valence-corrected chi connectivity index (χ3v) is 0.975. The van der Waals surface area contributed by atoms with Crippen molar-refractivity contribution in [2.75, 3.05) is 0 Å². The summed E-state index contributed by atoms with van der Waals surface area (Å²) in [6, 6.07) is 1.22. The zero-order chi connectivity index (χ0) is 8.85. The number of carbonyl (C=O) groups is 1. The first-order valence-corrected chi connectivity index (χ1v) is 3.49. The van der Waals surface area contributed by atoms with Gasteiger partial charge in [-0.15, -0.1) is 0 Å². The number of ketones is 1. The highest BCUT2D eigenvalue weighted by Gasteiger charge is 1.98. The van der Waals surface area contributed by atoms with Crippen molar-refractivity contribution in [2.24, 2.45) is 0 Å². The maximum absolute atomic E-state index is 10.5. The SMILES string of the molecule is CC.CC(=O)c1cc(=O)[nH][nH]1. The van der Waals surface area contributed by atoms with Crippen molar-refractivity contribution in [1.29, 1.82) is 0 Å². The number of hydrogen-bond acceptors (Lipinski definition) is 2. The van der Waals surface area contributed by atoms with Crippen LogP contribution in [0.4, 0.5) is 0 Å². The first kappa shape index (κ1) is 9.68. The molecule has 0 spiro atoms. The van der Waals surface area contributed by atoms with Crippen LogP contribution in [-0.4, -0.2) is 16.0 Å². The normalized spacial score (nSPS) is 8.27. The molecule has 0 amide bonds. The minimum absolute atomic E-state index is 0.145. The molecule has 4 nitrogen and oxygen atoms in total. The molecule has 0 unspecified atom stereocenters. The topological polar surface area (TPSA) is 65.7 Å². The molecule has 4 heteroatoms. The van der Waals surface area contributed by atoms with Gasteiger partial charge in [-0.1, -0.05) is 13.8 Å². The Balaban J connectivity index is 0.000000461. The van der Waals surface area contributed by atoms with Crippen molar-refractivity contribution in [3.63, 3.8) is 0 Å². The van der Waals surface area contributed by atoms with Gasteiger partial charge in [0.1, 0.15) is 5.69 Å². The van der Waals surface area contributed by atoms with Crippen molar-refractivity contribution in [2.45, 2.75) is 20.8 Å². The van der Waals surface area contributed by atoms with Gasteiger partial charge in [-0.2, -0.15) is 0 Å². The molecule has 2 N–H and O–H groups in total. The highest BCUT2D eigenvalue weighted by atomic mass is 16.1. The molecule has 0 saturated heterocycles. The Kier molecular flexibility index (Phi) is 3.95. The minimum Gasteiger partial charge on any atom is -0.295 e. The van der Waals surface area contributed by atoms with E-state index in [2.05, 4.69) is 10.2 Å². The average molecular weight is 156 g/mol. The van der Waals surface area contributed by atoms with Crippen LogP contribution in [0.15, 0.2) is 10.9 Å². The van der Waals surface area contributed by atoms with E-state index in [0.29, 0.717) is 5.69 Å². The van der Waals surface area contributed by atoms with E-state index < -0.39 is 0 Å². The molecule has 1 aromatic heterocycles. The quantitative estimate of drug-likeness (QED) is 0.594. The van der Waals surface area contributed by atoms with Gasteiger partial charge in [-0.25, -0.2) is 0 Å². The summed E-state index contributed by atoms with van der Waals surface area (Å²) in [5.74, 6) is -0.145. The fourth-order valence-corrected chi connectivity index (χ4v) is 0.522. The molecule has 1 heterocycles. The lowest BCUT2D eigenvalue weighted by molar-refractivity contribution is 0.101. The molecule has 0 bridgehead atoms. The molecule has 0 atom stereocenters. The van der Waals surface area contributed by atoms with Crippen LogP contribution in [0.1, 0.15) is 31.3 Å². The number of carbonyl (C=O) groups excluding carboxylic acids is 1. The number of aromatic amines is 2. The van der Waals surface area contributed by atoms with Crippen LogP contribution in [0, 0.1) is 0 Å². The second-order valence-corrected chi connectivity index (χ2v) is 1.73. The average Bonchev–Trinajstić information content (AvgIpc) is 2.40. The standard InChI is InChI=1S/C5H6N2O2.C2H6/c1-3(8)4-2-5(9)7-6-4;1-2/h2H,1H3,(H2,6,7,9);1-2H3. The molecule has 1 rings (SSSR count). The highest BCUT2D eigenvalue weighted by Crippen LogP contribution is 1.86. The van der Waals surface area contributed by atoms with Gasteiger partial charge in [0.05, 0.1) is 0 Å². The number of H-pyrrole nitrogens is 2. The maximum Gasteiger partial charge on any atom is 0.264 e. The predicted octanol–water partition coefficient (Wildman–Crippen LogP) is 0.932. The molecule has 0 saturated carbocycles. The Labute approximate surface area is 64.6 Å². The first-order chi connectivity index (χ1) is 5.20. The zero-order valence-electron chi connectivity index (χ0n) is 6.89. The van der Waals surface area contributed by atoms with Gasteiger partial charge < -0.3 is 0 Å². The Morgan fingerprint density at radius 1 is 1.36 bits per heavy atom. The van der Waals surface area contributed by atoms with Gasteiger partial charge >= 0.3 is 0 Å². The first-order valence-electron chi connectivity index (χ1n) is 3.49. The molecule has 62 valence electrons. The van der Waals surface area contributed by atoms with Gasteiger partial charge in [0.25, 0.3) is 5.56 Å². The summed E-state index contributed by atoms with van der Waals surface area (Å²) in [5, 5.41) is 4.67. The van der Waals surface area contributed by atoms with E-state index in [1.54, 1.807) is 0 Å². The van der Waals surface area contributed by atoms with Crippen LogP contribution in [-0.2, 0) is 0 Å². The minimum atomic E-state index is -0.278. The largest absolute Gasteiger partial charge is 0.295 e. The lowest BCUT2D eigenvalue weighted by atomic mass is 10.3. The van der Waals surface area contributed by atoms with Crippen molar-refractivity contribution >= 4 is 5.78 Å². The summed E-state index contributed by atoms with van der Waals surface area (Å²) >= 11 is 0. The molecule has 0 radical (unpaired) electrons. The number of nitrogens with one attached hydrogen (secondary N) is 2. The Bertz CT molecular complexity index is 272. The fraction of sp³-hybridized carbons (Fsp3) is 0.429. The smallest absolute Gasteiger partial charge is 0.264 e. The van der Waals surface area contributed by atoms with Gasteiger partial charge in [0, 0.05) is 13.0 Å². The van der Waals surface area contributed by atoms with E-state index in [1.165, 1.54) is 13.0 Å². The number of rotatable bonds is 1. The lowest BCUT2D eigenvalue weighted by Crippen LogP contribution is -1.94. The number of Topliss-reactive ketones (excluding diaryl/α,β-unsaturated/α-hetero) is 1. The third-order valence-electron chi connectivity index (χ3n) is 0.975. The van der Waals surface area contributed by atoms with E-state index in [-0.39, 0.29) is 11.3 Å². The molecule has 11 heavy (non-hydrogen) atoms. The number of hydrogen-bond donors (Lipinski definition) is 2. The predicted molar refractivity (Wildman–Crippen MR) is 42.8 cm³/mol. The Morgan fingerprint density at radius 2 is 1.91 bits per heavy atom. The molecular weight excluding hydrogens is 144 g/mol. The zero-order valence-corrected chi connectivity index (χ0v) is 6.89. The Morgan fingerprint density at radius 3 is 2.09 bits per heavy atom. The van der Waals surface area contributed by atoms with Gasteiger partial charge in [0.15, 0.2) is 5.78 Å². The molecule has 0 aliphatic rings. The summed E-state index contributed by atoms with van der Waals surface area (Å²) in [7, 11) is 0. The molecule has 0 aromatic carbocycles.